The zero-order valence-corrected chi connectivity index (χ0v) is 13.5. The van der Waals surface area contributed by atoms with E-state index in [0.29, 0.717) is 6.04 Å². The van der Waals surface area contributed by atoms with Gasteiger partial charge in [-0.15, -0.1) is 0 Å². The van der Waals surface area contributed by atoms with E-state index >= 15 is 0 Å². The van der Waals surface area contributed by atoms with Gasteiger partial charge in [-0.05, 0) is 64.4 Å². The van der Waals surface area contributed by atoms with Crippen molar-refractivity contribution in [1.82, 2.24) is 10.2 Å². The number of hydrogen-bond acceptors (Lipinski definition) is 3. The lowest BCUT2D eigenvalue weighted by atomic mass is 9.71. The molecule has 0 radical (unpaired) electrons. The molecule has 3 nitrogen and oxygen atoms in total. The van der Waals surface area contributed by atoms with Crippen LogP contribution in [0.1, 0.15) is 45.3 Å². The van der Waals surface area contributed by atoms with Gasteiger partial charge in [0, 0.05) is 18.0 Å². The molecule has 0 bridgehead atoms. The van der Waals surface area contributed by atoms with E-state index in [-0.39, 0.29) is 5.54 Å². The monoisotopic (exact) mass is 278 g/mol. The molecule has 0 amide bonds. The average molecular weight is 278 g/mol. The van der Waals surface area contributed by atoms with Crippen LogP contribution in [-0.2, 0) is 6.42 Å². The number of hydrogen-bond donors (Lipinski definition) is 1. The molecule has 1 fully saturated rings. The molecule has 1 aromatic heterocycles. The topological polar surface area (TPSA) is 28.4 Å². The Balaban J connectivity index is 2.18. The van der Waals surface area contributed by atoms with E-state index in [2.05, 4.69) is 44.2 Å². The first-order valence-corrected chi connectivity index (χ1v) is 8.01. The minimum Gasteiger partial charge on any atom is -0.469 e. The highest BCUT2D eigenvalue weighted by molar-refractivity contribution is 5.08. The summed E-state index contributed by atoms with van der Waals surface area (Å²) in [6, 6.07) is 4.55. The van der Waals surface area contributed by atoms with Crippen molar-refractivity contribution in [3.8, 4) is 0 Å². The molecule has 1 saturated carbocycles. The molecule has 0 spiro atoms. The van der Waals surface area contributed by atoms with E-state index in [9.17, 15) is 0 Å². The molecule has 3 heteroatoms. The lowest BCUT2D eigenvalue weighted by Crippen LogP contribution is -2.61. The molecule has 0 saturated heterocycles. The van der Waals surface area contributed by atoms with Gasteiger partial charge >= 0.3 is 0 Å². The number of rotatable bonds is 6. The van der Waals surface area contributed by atoms with Crippen LogP contribution in [0.15, 0.2) is 22.8 Å². The summed E-state index contributed by atoms with van der Waals surface area (Å²) in [5, 5.41) is 3.73. The first-order chi connectivity index (χ1) is 9.58. The molecule has 1 unspecified atom stereocenters. The second-order valence-corrected chi connectivity index (χ2v) is 6.57. The number of nitrogens with one attached hydrogen (secondary N) is 1. The molecule has 0 aliphatic heterocycles. The summed E-state index contributed by atoms with van der Waals surface area (Å²) in [4.78, 5) is 2.45. The summed E-state index contributed by atoms with van der Waals surface area (Å²) in [5.41, 5.74) is 0.259. The van der Waals surface area contributed by atoms with Gasteiger partial charge in [0.2, 0.25) is 0 Å². The maximum Gasteiger partial charge on any atom is 0.105 e. The number of nitrogens with zero attached hydrogens (tertiary/aromatic N) is 1. The van der Waals surface area contributed by atoms with Crippen molar-refractivity contribution in [3.63, 3.8) is 0 Å². The van der Waals surface area contributed by atoms with Crippen LogP contribution in [0.25, 0.3) is 0 Å². The van der Waals surface area contributed by atoms with E-state index < -0.39 is 0 Å². The smallest absolute Gasteiger partial charge is 0.105 e. The molecule has 2 rings (SSSR count). The normalized spacial score (nSPS) is 28.8. The quantitative estimate of drug-likeness (QED) is 0.865. The zero-order chi connectivity index (χ0) is 14.6. The molecular weight excluding hydrogens is 248 g/mol. The highest BCUT2D eigenvalue weighted by Gasteiger charge is 2.42. The van der Waals surface area contributed by atoms with Gasteiger partial charge in [-0.25, -0.2) is 0 Å². The van der Waals surface area contributed by atoms with Crippen LogP contribution < -0.4 is 5.32 Å². The Bertz CT molecular complexity index is 378. The third kappa shape index (κ3) is 3.26. The fraction of sp³-hybridized carbons (Fsp3) is 0.765. The van der Waals surface area contributed by atoms with Crippen LogP contribution in [0.2, 0.25) is 0 Å². The van der Waals surface area contributed by atoms with Crippen molar-refractivity contribution in [2.75, 3.05) is 20.6 Å². The highest BCUT2D eigenvalue weighted by Crippen LogP contribution is 2.38. The Morgan fingerprint density at radius 1 is 1.40 bits per heavy atom. The minimum absolute atomic E-state index is 0.259. The molecule has 1 N–H and O–H groups in total. The van der Waals surface area contributed by atoms with E-state index in [1.165, 1.54) is 25.7 Å². The molecule has 1 aromatic rings. The Kier molecular flexibility index (Phi) is 5.28. The Morgan fingerprint density at radius 3 is 2.60 bits per heavy atom. The Morgan fingerprint density at radius 2 is 2.10 bits per heavy atom. The molecule has 1 aliphatic carbocycles. The SMILES string of the molecule is CCNC(Cc1ccco1)C1(N(C)C)CCC(C)CC1. The average Bonchev–Trinajstić information content (AvgIpc) is 2.92. The van der Waals surface area contributed by atoms with Crippen molar-refractivity contribution in [3.05, 3.63) is 24.2 Å². The van der Waals surface area contributed by atoms with Gasteiger partial charge in [0.15, 0.2) is 0 Å². The largest absolute Gasteiger partial charge is 0.469 e. The van der Waals surface area contributed by atoms with Gasteiger partial charge in [-0.1, -0.05) is 13.8 Å². The Hall–Kier alpha value is -0.800. The fourth-order valence-corrected chi connectivity index (χ4v) is 3.70. The predicted octanol–water partition coefficient (Wildman–Crippen LogP) is 3.31. The number of likely N-dealkylation sites (N-methyl/N-ethyl adjacent to an activating group) is 2. The van der Waals surface area contributed by atoms with Gasteiger partial charge < -0.3 is 14.6 Å². The lowest BCUT2D eigenvalue weighted by Gasteiger charge is -2.50. The van der Waals surface area contributed by atoms with Crippen molar-refractivity contribution in [2.24, 2.45) is 5.92 Å². The van der Waals surface area contributed by atoms with Crippen LogP contribution >= 0.6 is 0 Å². The van der Waals surface area contributed by atoms with Gasteiger partial charge in [-0.2, -0.15) is 0 Å². The lowest BCUT2D eigenvalue weighted by molar-refractivity contribution is 0.0423. The summed E-state index contributed by atoms with van der Waals surface area (Å²) >= 11 is 0. The first-order valence-electron chi connectivity index (χ1n) is 8.01. The summed E-state index contributed by atoms with van der Waals surface area (Å²) in [7, 11) is 4.48. The van der Waals surface area contributed by atoms with Gasteiger partial charge in [0.1, 0.15) is 5.76 Å². The van der Waals surface area contributed by atoms with Gasteiger partial charge in [0.05, 0.1) is 6.26 Å². The van der Waals surface area contributed by atoms with Crippen LogP contribution in [0.5, 0.6) is 0 Å². The van der Waals surface area contributed by atoms with Crippen molar-refractivity contribution < 1.29 is 4.42 Å². The standard InChI is InChI=1S/C17H30N2O/c1-5-18-16(13-15-7-6-12-20-15)17(19(3)4)10-8-14(2)9-11-17/h6-7,12,14,16,18H,5,8-11,13H2,1-4H3. The maximum atomic E-state index is 5.59. The van der Waals surface area contributed by atoms with E-state index in [4.69, 9.17) is 4.42 Å². The Labute approximate surface area is 123 Å². The van der Waals surface area contributed by atoms with E-state index in [1.807, 2.05) is 6.07 Å². The maximum absolute atomic E-state index is 5.59. The number of furan rings is 1. The van der Waals surface area contributed by atoms with Crippen molar-refractivity contribution in [2.45, 2.75) is 57.5 Å². The summed E-state index contributed by atoms with van der Waals surface area (Å²) in [5.74, 6) is 1.96. The second-order valence-electron chi connectivity index (χ2n) is 6.57. The van der Waals surface area contributed by atoms with Crippen LogP contribution in [0.4, 0.5) is 0 Å². The van der Waals surface area contributed by atoms with E-state index in [1.54, 1.807) is 6.26 Å². The molecule has 0 aromatic carbocycles. The first kappa shape index (κ1) is 15.6. The van der Waals surface area contributed by atoms with Crippen LogP contribution in [0, 0.1) is 5.92 Å². The molecular formula is C17H30N2O. The zero-order valence-electron chi connectivity index (χ0n) is 13.5. The molecule has 114 valence electrons. The molecule has 1 heterocycles. The third-order valence-corrected chi connectivity index (χ3v) is 5.12. The predicted molar refractivity (Wildman–Crippen MR) is 83.9 cm³/mol. The molecule has 20 heavy (non-hydrogen) atoms. The van der Waals surface area contributed by atoms with Crippen molar-refractivity contribution >= 4 is 0 Å². The van der Waals surface area contributed by atoms with Crippen molar-refractivity contribution in [1.29, 1.82) is 0 Å². The summed E-state index contributed by atoms with van der Waals surface area (Å²) < 4.78 is 5.59. The van der Waals surface area contributed by atoms with Gasteiger partial charge in [-0.3, -0.25) is 0 Å². The van der Waals surface area contributed by atoms with Crippen LogP contribution in [0.3, 0.4) is 0 Å². The second kappa shape index (κ2) is 6.77. The summed E-state index contributed by atoms with van der Waals surface area (Å²) in [6.45, 7) is 5.59. The van der Waals surface area contributed by atoms with Crippen LogP contribution in [-0.4, -0.2) is 37.1 Å². The highest BCUT2D eigenvalue weighted by atomic mass is 16.3. The fourth-order valence-electron chi connectivity index (χ4n) is 3.70. The molecule has 1 aliphatic rings. The summed E-state index contributed by atoms with van der Waals surface area (Å²) in [6.07, 6.45) is 7.98. The minimum atomic E-state index is 0.259. The van der Waals surface area contributed by atoms with Gasteiger partial charge in [0.25, 0.3) is 0 Å². The molecule has 1 atom stereocenters. The van der Waals surface area contributed by atoms with E-state index in [0.717, 1.165) is 24.6 Å². The third-order valence-electron chi connectivity index (χ3n) is 5.12.